The number of halogens is 1. The first-order valence-electron chi connectivity index (χ1n) is 9.49. The van der Waals surface area contributed by atoms with Crippen molar-refractivity contribution in [3.05, 3.63) is 104 Å². The number of nitrogens with zero attached hydrogens (tertiary/aromatic N) is 1. The number of ketones is 2. The SMILES string of the molecule is O=C(COC(=O)c1ccc(Cl)c([N+](=O)[O-])c1)Nc1ccc2c(c1)C(=O)c1ccccc1C2=O. The van der Waals surface area contributed by atoms with E-state index in [-0.39, 0.29) is 44.5 Å². The first-order valence-corrected chi connectivity index (χ1v) is 9.87. The third-order valence-corrected chi connectivity index (χ3v) is 5.24. The second-order valence-electron chi connectivity index (χ2n) is 7.01. The lowest BCUT2D eigenvalue weighted by Gasteiger charge is -2.18. The average molecular weight is 465 g/mol. The van der Waals surface area contributed by atoms with Crippen molar-refractivity contribution in [2.45, 2.75) is 0 Å². The molecule has 0 spiro atoms. The van der Waals surface area contributed by atoms with Gasteiger partial charge in [-0.25, -0.2) is 4.79 Å². The molecule has 1 aliphatic carbocycles. The van der Waals surface area contributed by atoms with E-state index in [4.69, 9.17) is 16.3 Å². The number of hydrogen-bond acceptors (Lipinski definition) is 7. The van der Waals surface area contributed by atoms with Crippen molar-refractivity contribution in [3.8, 4) is 0 Å². The predicted octanol–water partition coefficient (Wildman–Crippen LogP) is 3.82. The fraction of sp³-hybridized carbons (Fsp3) is 0.0435. The van der Waals surface area contributed by atoms with E-state index in [1.807, 2.05) is 0 Å². The van der Waals surface area contributed by atoms with E-state index in [2.05, 4.69) is 5.32 Å². The zero-order valence-corrected chi connectivity index (χ0v) is 17.4. The number of hydrogen-bond donors (Lipinski definition) is 1. The summed E-state index contributed by atoms with van der Waals surface area (Å²) in [6, 6.07) is 14.1. The number of ether oxygens (including phenoxy) is 1. The maximum absolute atomic E-state index is 12.8. The Morgan fingerprint density at radius 3 is 2.21 bits per heavy atom. The number of carbonyl (C=O) groups excluding carboxylic acids is 4. The molecule has 4 rings (SSSR count). The van der Waals surface area contributed by atoms with Gasteiger partial charge in [0.25, 0.3) is 11.6 Å². The van der Waals surface area contributed by atoms with Gasteiger partial charge in [0, 0.05) is 34.0 Å². The fourth-order valence-electron chi connectivity index (χ4n) is 3.37. The molecule has 0 radical (unpaired) electrons. The molecule has 0 unspecified atom stereocenters. The minimum atomic E-state index is -0.951. The molecule has 0 saturated heterocycles. The molecule has 164 valence electrons. The Morgan fingerprint density at radius 2 is 1.55 bits per heavy atom. The van der Waals surface area contributed by atoms with E-state index >= 15 is 0 Å². The van der Waals surface area contributed by atoms with E-state index in [9.17, 15) is 29.3 Å². The van der Waals surface area contributed by atoms with Crippen LogP contribution in [0.15, 0.2) is 60.7 Å². The van der Waals surface area contributed by atoms with Crippen molar-refractivity contribution >= 4 is 46.4 Å². The van der Waals surface area contributed by atoms with Gasteiger partial charge in [-0.15, -0.1) is 0 Å². The molecule has 0 heterocycles. The summed E-state index contributed by atoms with van der Waals surface area (Å²) in [6.45, 7) is -0.679. The van der Waals surface area contributed by atoms with Crippen molar-refractivity contribution in [1.82, 2.24) is 0 Å². The molecule has 0 saturated carbocycles. The van der Waals surface area contributed by atoms with Gasteiger partial charge in [0.2, 0.25) is 0 Å². The summed E-state index contributed by atoms with van der Waals surface area (Å²) in [7, 11) is 0. The van der Waals surface area contributed by atoms with Gasteiger partial charge < -0.3 is 10.1 Å². The molecule has 0 fully saturated rings. The van der Waals surface area contributed by atoms with Crippen molar-refractivity contribution in [1.29, 1.82) is 0 Å². The highest BCUT2D eigenvalue weighted by Crippen LogP contribution is 2.29. The summed E-state index contributed by atoms with van der Waals surface area (Å²) in [4.78, 5) is 60.0. The molecule has 0 aliphatic heterocycles. The number of benzene rings is 3. The van der Waals surface area contributed by atoms with Gasteiger partial charge in [-0.2, -0.15) is 0 Å². The number of nitro groups is 1. The van der Waals surface area contributed by atoms with Crippen LogP contribution in [0, 0.1) is 10.1 Å². The van der Waals surface area contributed by atoms with E-state index in [0.29, 0.717) is 5.56 Å². The number of esters is 1. The van der Waals surface area contributed by atoms with Crippen molar-refractivity contribution < 1.29 is 28.8 Å². The minimum Gasteiger partial charge on any atom is -0.452 e. The largest absolute Gasteiger partial charge is 0.452 e. The highest BCUT2D eigenvalue weighted by Gasteiger charge is 2.29. The Kier molecular flexibility index (Phi) is 5.72. The second-order valence-corrected chi connectivity index (χ2v) is 7.42. The Bertz CT molecular complexity index is 1370. The summed E-state index contributed by atoms with van der Waals surface area (Å²) in [6.07, 6.45) is 0. The average Bonchev–Trinajstić information content (AvgIpc) is 2.81. The molecule has 1 N–H and O–H groups in total. The van der Waals surface area contributed by atoms with E-state index in [0.717, 1.165) is 6.07 Å². The molecule has 3 aromatic rings. The number of rotatable bonds is 5. The van der Waals surface area contributed by atoms with Crippen LogP contribution < -0.4 is 5.32 Å². The molecular weight excluding hydrogens is 452 g/mol. The summed E-state index contributed by atoms with van der Waals surface area (Å²) >= 11 is 5.71. The lowest BCUT2D eigenvalue weighted by Crippen LogP contribution is -2.23. The van der Waals surface area contributed by atoms with Gasteiger partial charge in [-0.1, -0.05) is 35.9 Å². The monoisotopic (exact) mass is 464 g/mol. The van der Waals surface area contributed by atoms with Crippen molar-refractivity contribution in [2.75, 3.05) is 11.9 Å². The number of carbonyl (C=O) groups is 4. The van der Waals surface area contributed by atoms with Gasteiger partial charge in [-0.05, 0) is 30.3 Å². The standard InChI is InChI=1S/C23H13ClN2O7/c24-18-8-5-12(9-19(18)26(31)32)23(30)33-11-20(27)25-13-6-7-16-17(10-13)22(29)15-4-2-1-3-14(15)21(16)28/h1-10H,11H2,(H,25,27). The van der Waals surface area contributed by atoms with Gasteiger partial charge in [0.1, 0.15) is 5.02 Å². The molecule has 1 aliphatic rings. The Morgan fingerprint density at radius 1 is 0.909 bits per heavy atom. The summed E-state index contributed by atoms with van der Waals surface area (Å²) in [5.41, 5.74) is 0.610. The van der Waals surface area contributed by atoms with Crippen LogP contribution in [0.25, 0.3) is 0 Å². The maximum Gasteiger partial charge on any atom is 0.338 e. The van der Waals surface area contributed by atoms with Gasteiger partial charge in [0.05, 0.1) is 10.5 Å². The highest BCUT2D eigenvalue weighted by molar-refractivity contribution is 6.32. The molecule has 1 amide bonds. The van der Waals surface area contributed by atoms with Crippen LogP contribution in [0.1, 0.15) is 42.2 Å². The second kappa shape index (κ2) is 8.64. The van der Waals surface area contributed by atoms with Crippen LogP contribution in [0.2, 0.25) is 5.02 Å². The van der Waals surface area contributed by atoms with Crippen molar-refractivity contribution in [3.63, 3.8) is 0 Å². The van der Waals surface area contributed by atoms with Crippen LogP contribution in [0.4, 0.5) is 11.4 Å². The molecule has 33 heavy (non-hydrogen) atoms. The molecule has 0 bridgehead atoms. The van der Waals surface area contributed by atoms with Gasteiger partial charge in [-0.3, -0.25) is 24.5 Å². The lowest BCUT2D eigenvalue weighted by atomic mass is 9.84. The smallest absolute Gasteiger partial charge is 0.338 e. The number of nitrogens with one attached hydrogen (secondary N) is 1. The first kappa shape index (κ1) is 21.8. The first-order chi connectivity index (χ1) is 15.8. The molecule has 9 nitrogen and oxygen atoms in total. The predicted molar refractivity (Wildman–Crippen MR) is 117 cm³/mol. The van der Waals surface area contributed by atoms with E-state index in [1.54, 1.807) is 24.3 Å². The van der Waals surface area contributed by atoms with Gasteiger partial charge >= 0.3 is 5.97 Å². The zero-order chi connectivity index (χ0) is 23.7. The number of amides is 1. The summed E-state index contributed by atoms with van der Waals surface area (Å²) in [5.74, 6) is -2.29. The topological polar surface area (TPSA) is 133 Å². The van der Waals surface area contributed by atoms with Crippen LogP contribution in [0.5, 0.6) is 0 Å². The quantitative estimate of drug-likeness (QED) is 0.269. The molecule has 0 atom stereocenters. The fourth-order valence-corrected chi connectivity index (χ4v) is 3.55. The Hall–Kier alpha value is -4.37. The third-order valence-electron chi connectivity index (χ3n) is 4.92. The van der Waals surface area contributed by atoms with Crippen molar-refractivity contribution in [2.24, 2.45) is 0 Å². The minimum absolute atomic E-state index is 0.141. The third kappa shape index (κ3) is 4.21. The number of fused-ring (bicyclic) bond motifs is 2. The molecule has 0 aromatic heterocycles. The Balaban J connectivity index is 1.44. The Labute approximate surface area is 191 Å². The summed E-state index contributed by atoms with van der Waals surface area (Å²) in [5, 5.41) is 13.3. The van der Waals surface area contributed by atoms with Crippen LogP contribution in [-0.4, -0.2) is 35.0 Å². The number of nitro benzene ring substituents is 1. The lowest BCUT2D eigenvalue weighted by molar-refractivity contribution is -0.384. The normalized spacial score (nSPS) is 11.9. The van der Waals surface area contributed by atoms with Crippen LogP contribution >= 0.6 is 11.6 Å². The highest BCUT2D eigenvalue weighted by atomic mass is 35.5. The maximum atomic E-state index is 12.8. The molecule has 10 heteroatoms. The van der Waals surface area contributed by atoms with E-state index in [1.165, 1.54) is 30.3 Å². The molecule has 3 aromatic carbocycles. The van der Waals surface area contributed by atoms with E-state index < -0.39 is 29.1 Å². The number of anilines is 1. The zero-order valence-electron chi connectivity index (χ0n) is 16.7. The van der Waals surface area contributed by atoms with Crippen LogP contribution in [-0.2, 0) is 9.53 Å². The summed E-state index contributed by atoms with van der Waals surface area (Å²) < 4.78 is 4.90. The molecular formula is C23H13ClN2O7. The van der Waals surface area contributed by atoms with Gasteiger partial charge in [0.15, 0.2) is 18.2 Å². The van der Waals surface area contributed by atoms with Crippen LogP contribution in [0.3, 0.4) is 0 Å².